The van der Waals surface area contributed by atoms with Gasteiger partial charge in [-0.1, -0.05) is 19.3 Å². The van der Waals surface area contributed by atoms with E-state index in [-0.39, 0.29) is 12.0 Å². The molecular formula is C23H39N5O4. The summed E-state index contributed by atoms with van der Waals surface area (Å²) in [6.07, 6.45) is 7.43. The molecule has 2 N–H and O–H groups in total. The van der Waals surface area contributed by atoms with Crippen molar-refractivity contribution in [3.8, 4) is 0 Å². The number of nitrogens with zero attached hydrogens (tertiary/aromatic N) is 4. The zero-order valence-corrected chi connectivity index (χ0v) is 19.2. The molecule has 2 aliphatic heterocycles. The molecule has 3 aliphatic rings. The number of aliphatic hydroxyl groups excluding tert-OH is 1. The van der Waals surface area contributed by atoms with Crippen LogP contribution in [0, 0.1) is 5.92 Å². The van der Waals surface area contributed by atoms with Crippen molar-refractivity contribution in [1.29, 1.82) is 0 Å². The zero-order chi connectivity index (χ0) is 22.2. The number of rotatable bonds is 9. The maximum absolute atomic E-state index is 12.4. The summed E-state index contributed by atoms with van der Waals surface area (Å²) in [6, 6.07) is 0. The topological polar surface area (TPSA) is 94.3 Å². The minimum Gasteiger partial charge on any atom is -0.447 e. The van der Waals surface area contributed by atoms with E-state index in [0.29, 0.717) is 37.1 Å². The van der Waals surface area contributed by atoms with E-state index in [1.165, 1.54) is 38.4 Å². The van der Waals surface area contributed by atoms with E-state index >= 15 is 0 Å². The monoisotopic (exact) mass is 449 g/mol. The Morgan fingerprint density at radius 1 is 1.03 bits per heavy atom. The Hall–Kier alpha value is -1.52. The van der Waals surface area contributed by atoms with Gasteiger partial charge in [-0.2, -0.15) is 0 Å². The van der Waals surface area contributed by atoms with Crippen molar-refractivity contribution in [2.24, 2.45) is 5.92 Å². The fraction of sp³-hybridized carbons (Fsp3) is 0.826. The summed E-state index contributed by atoms with van der Waals surface area (Å²) in [5, 5.41) is 13.5. The van der Waals surface area contributed by atoms with E-state index in [4.69, 9.17) is 9.15 Å². The van der Waals surface area contributed by atoms with Gasteiger partial charge in [0.2, 0.25) is 5.89 Å². The van der Waals surface area contributed by atoms with Gasteiger partial charge in [0.1, 0.15) is 6.26 Å². The summed E-state index contributed by atoms with van der Waals surface area (Å²) in [5.41, 5.74) is 0.376. The number of hydrogen-bond acceptors (Lipinski definition) is 8. The number of oxazole rings is 1. The van der Waals surface area contributed by atoms with Gasteiger partial charge in [0, 0.05) is 58.9 Å². The lowest BCUT2D eigenvalue weighted by Crippen LogP contribution is -2.50. The number of aliphatic hydroxyl groups is 1. The molecule has 32 heavy (non-hydrogen) atoms. The predicted octanol–water partition coefficient (Wildman–Crippen LogP) is 0.795. The molecule has 2 saturated heterocycles. The van der Waals surface area contributed by atoms with Gasteiger partial charge in [-0.05, 0) is 18.8 Å². The summed E-state index contributed by atoms with van der Waals surface area (Å²) >= 11 is 0. The molecular weight excluding hydrogens is 410 g/mol. The third-order valence-electron chi connectivity index (χ3n) is 6.93. The first-order valence-corrected chi connectivity index (χ1v) is 12.3. The van der Waals surface area contributed by atoms with Crippen LogP contribution in [-0.4, -0.2) is 109 Å². The van der Waals surface area contributed by atoms with Crippen LogP contribution >= 0.6 is 0 Å². The van der Waals surface area contributed by atoms with Crippen molar-refractivity contribution in [3.63, 3.8) is 0 Å². The van der Waals surface area contributed by atoms with Gasteiger partial charge in [0.25, 0.3) is 5.91 Å². The lowest BCUT2D eigenvalue weighted by molar-refractivity contribution is 0.00187. The van der Waals surface area contributed by atoms with Gasteiger partial charge < -0.3 is 19.6 Å². The Balaban J connectivity index is 1.13. The van der Waals surface area contributed by atoms with Crippen LogP contribution in [-0.2, 0) is 11.3 Å². The number of piperazine rings is 1. The molecule has 3 heterocycles. The molecule has 9 nitrogen and oxygen atoms in total. The van der Waals surface area contributed by atoms with Gasteiger partial charge in [0.05, 0.1) is 25.9 Å². The number of nitrogens with one attached hydrogen (secondary N) is 1. The Kier molecular flexibility index (Phi) is 8.93. The summed E-state index contributed by atoms with van der Waals surface area (Å²) in [7, 11) is 0. The Morgan fingerprint density at radius 3 is 2.41 bits per heavy atom. The van der Waals surface area contributed by atoms with Crippen molar-refractivity contribution in [2.75, 3.05) is 72.1 Å². The minimum atomic E-state index is -0.332. The standard InChI is InChI=1S/C23H39N5O4/c29-20(16-28-10-12-31-13-11-28)15-26-6-8-27(9-7-26)17-22-25-21(18-32-22)23(30)24-14-19-4-2-1-3-5-19/h18-20,29H,1-17H2,(H,24,30)/t20-/m1/s1. The molecule has 180 valence electrons. The van der Waals surface area contributed by atoms with Crippen molar-refractivity contribution >= 4 is 5.91 Å². The molecule has 1 aliphatic carbocycles. The van der Waals surface area contributed by atoms with Crippen molar-refractivity contribution in [3.05, 3.63) is 17.8 Å². The Labute approximate surface area is 191 Å². The van der Waals surface area contributed by atoms with Crippen LogP contribution in [0.25, 0.3) is 0 Å². The largest absolute Gasteiger partial charge is 0.447 e. The van der Waals surface area contributed by atoms with Crippen molar-refractivity contribution in [1.82, 2.24) is 25.0 Å². The highest BCUT2D eigenvalue weighted by Crippen LogP contribution is 2.22. The van der Waals surface area contributed by atoms with Gasteiger partial charge >= 0.3 is 0 Å². The quantitative estimate of drug-likeness (QED) is 0.572. The third kappa shape index (κ3) is 7.25. The highest BCUT2D eigenvalue weighted by molar-refractivity contribution is 5.91. The number of hydrogen-bond donors (Lipinski definition) is 2. The van der Waals surface area contributed by atoms with E-state index in [1.54, 1.807) is 0 Å². The molecule has 1 saturated carbocycles. The molecule has 0 spiro atoms. The molecule has 0 aromatic carbocycles. The first-order valence-electron chi connectivity index (χ1n) is 12.3. The number of amides is 1. The van der Waals surface area contributed by atoms with E-state index in [0.717, 1.165) is 59.0 Å². The average molecular weight is 450 g/mol. The SMILES string of the molecule is O=C(NCC1CCCCC1)c1coc(CN2CCN(C[C@@H](O)CN3CCOCC3)CC2)n1. The molecule has 3 fully saturated rings. The van der Waals surface area contributed by atoms with Crippen LogP contribution in [0.5, 0.6) is 0 Å². The average Bonchev–Trinajstić information content (AvgIpc) is 3.29. The van der Waals surface area contributed by atoms with E-state index in [2.05, 4.69) is 25.0 Å². The summed E-state index contributed by atoms with van der Waals surface area (Å²) in [6.45, 7) is 9.72. The second-order valence-corrected chi connectivity index (χ2v) is 9.48. The first kappa shape index (κ1) is 23.6. The molecule has 0 radical (unpaired) electrons. The molecule has 1 aromatic rings. The normalized spacial score (nSPS) is 23.3. The minimum absolute atomic E-state index is 0.135. The second kappa shape index (κ2) is 12.1. The summed E-state index contributed by atoms with van der Waals surface area (Å²) < 4.78 is 10.9. The van der Waals surface area contributed by atoms with Crippen LogP contribution < -0.4 is 5.32 Å². The van der Waals surface area contributed by atoms with Gasteiger partial charge in [-0.15, -0.1) is 0 Å². The molecule has 0 bridgehead atoms. The van der Waals surface area contributed by atoms with Crippen molar-refractivity contribution < 1.29 is 19.1 Å². The maximum Gasteiger partial charge on any atom is 0.273 e. The Morgan fingerprint density at radius 2 is 1.69 bits per heavy atom. The van der Waals surface area contributed by atoms with Crippen LogP contribution in [0.4, 0.5) is 0 Å². The second-order valence-electron chi connectivity index (χ2n) is 9.48. The van der Waals surface area contributed by atoms with E-state index in [1.807, 2.05) is 0 Å². The van der Waals surface area contributed by atoms with Gasteiger partial charge in [-0.3, -0.25) is 19.5 Å². The van der Waals surface area contributed by atoms with Crippen molar-refractivity contribution in [2.45, 2.75) is 44.8 Å². The van der Waals surface area contributed by atoms with E-state index < -0.39 is 0 Å². The predicted molar refractivity (Wildman–Crippen MR) is 120 cm³/mol. The number of morpholine rings is 1. The smallest absolute Gasteiger partial charge is 0.273 e. The van der Waals surface area contributed by atoms with Crippen LogP contribution in [0.15, 0.2) is 10.7 Å². The maximum atomic E-state index is 12.4. The van der Waals surface area contributed by atoms with Gasteiger partial charge in [-0.25, -0.2) is 4.98 Å². The molecule has 1 atom stereocenters. The number of ether oxygens (including phenoxy) is 1. The van der Waals surface area contributed by atoms with Crippen LogP contribution in [0.3, 0.4) is 0 Å². The zero-order valence-electron chi connectivity index (χ0n) is 19.2. The molecule has 9 heteroatoms. The number of carbonyl (C=O) groups excluding carboxylic acids is 1. The number of carbonyl (C=O) groups is 1. The van der Waals surface area contributed by atoms with Crippen LogP contribution in [0.2, 0.25) is 0 Å². The number of aromatic nitrogens is 1. The highest BCUT2D eigenvalue weighted by atomic mass is 16.5. The molecule has 0 unspecified atom stereocenters. The third-order valence-corrected chi connectivity index (χ3v) is 6.93. The Bertz CT molecular complexity index is 694. The molecule has 1 aromatic heterocycles. The summed E-state index contributed by atoms with van der Waals surface area (Å²) in [4.78, 5) is 23.7. The molecule has 4 rings (SSSR count). The fourth-order valence-corrected chi connectivity index (χ4v) is 4.97. The van der Waals surface area contributed by atoms with Gasteiger partial charge in [0.15, 0.2) is 5.69 Å². The van der Waals surface area contributed by atoms with E-state index in [9.17, 15) is 9.90 Å². The lowest BCUT2D eigenvalue weighted by atomic mass is 9.89. The number of β-amino-alcohol motifs (C(OH)–C–C–N with tert-alkyl or cyclic N) is 1. The van der Waals surface area contributed by atoms with Crippen LogP contribution in [0.1, 0.15) is 48.5 Å². The fourth-order valence-electron chi connectivity index (χ4n) is 4.97. The molecule has 1 amide bonds. The summed E-state index contributed by atoms with van der Waals surface area (Å²) in [5.74, 6) is 1.06. The highest BCUT2D eigenvalue weighted by Gasteiger charge is 2.23. The first-order chi connectivity index (χ1) is 15.7. The lowest BCUT2D eigenvalue weighted by Gasteiger charge is -2.36.